The summed E-state index contributed by atoms with van der Waals surface area (Å²) in [7, 11) is 0. The lowest BCUT2D eigenvalue weighted by atomic mass is 10.3. The molecule has 0 amide bonds. The second kappa shape index (κ2) is 5.80. The Morgan fingerprint density at radius 3 is 1.67 bits per heavy atom. The fourth-order valence-corrected chi connectivity index (χ4v) is 1.22. The van der Waals surface area contributed by atoms with Gasteiger partial charge >= 0.3 is 0 Å². The van der Waals surface area contributed by atoms with Crippen molar-refractivity contribution in [3.8, 4) is 0 Å². The van der Waals surface area contributed by atoms with E-state index in [-0.39, 0.29) is 0 Å². The Kier molecular flexibility index (Phi) is 4.38. The zero-order valence-electron chi connectivity index (χ0n) is 9.31. The molecule has 3 unspecified atom stereocenters. The lowest BCUT2D eigenvalue weighted by molar-refractivity contribution is 0.102. The predicted octanol–water partition coefficient (Wildman–Crippen LogP) is 0.986. The van der Waals surface area contributed by atoms with Crippen molar-refractivity contribution in [2.75, 3.05) is 33.0 Å². The number of epoxide rings is 3. The Hall–Kier alpha value is -0.160. The summed E-state index contributed by atoms with van der Waals surface area (Å²) in [5.41, 5.74) is 0. The van der Waals surface area contributed by atoms with Gasteiger partial charge in [0.25, 0.3) is 0 Å². The van der Waals surface area contributed by atoms with Crippen LogP contribution in [0.4, 0.5) is 0 Å². The number of rotatable bonds is 6. The molecule has 3 saturated heterocycles. The minimum atomic E-state index is 0.392. The van der Waals surface area contributed by atoms with Crippen molar-refractivity contribution in [3.63, 3.8) is 0 Å². The number of ether oxygens (including phenoxy) is 4. The van der Waals surface area contributed by atoms with Gasteiger partial charge in [-0.25, -0.2) is 0 Å². The highest BCUT2D eigenvalue weighted by molar-refractivity contribution is 4.71. The topological polar surface area (TPSA) is 46.8 Å². The van der Waals surface area contributed by atoms with Crippen molar-refractivity contribution in [3.05, 3.63) is 0 Å². The van der Waals surface area contributed by atoms with Gasteiger partial charge in [0.1, 0.15) is 12.2 Å². The van der Waals surface area contributed by atoms with Crippen LogP contribution in [-0.4, -0.2) is 51.3 Å². The van der Waals surface area contributed by atoms with E-state index in [0.717, 1.165) is 33.0 Å². The molecule has 3 rings (SSSR count). The van der Waals surface area contributed by atoms with Crippen molar-refractivity contribution in [1.29, 1.82) is 0 Å². The zero-order valence-corrected chi connectivity index (χ0v) is 9.31. The minimum Gasteiger partial charge on any atom is -0.376 e. The van der Waals surface area contributed by atoms with Gasteiger partial charge in [-0.1, -0.05) is 13.3 Å². The molecule has 0 saturated carbocycles. The van der Waals surface area contributed by atoms with Gasteiger partial charge in [-0.3, -0.25) is 0 Å². The van der Waals surface area contributed by atoms with Crippen LogP contribution in [0.3, 0.4) is 0 Å². The predicted molar refractivity (Wildman–Crippen MR) is 54.9 cm³/mol. The maximum atomic E-state index is 5.23. The smallest absolute Gasteiger partial charge is 0.104 e. The highest BCUT2D eigenvalue weighted by Crippen LogP contribution is 2.14. The third-order valence-electron chi connectivity index (χ3n) is 2.43. The maximum absolute atomic E-state index is 5.23. The molecule has 0 aliphatic carbocycles. The molecule has 4 nitrogen and oxygen atoms in total. The van der Waals surface area contributed by atoms with Crippen LogP contribution in [0.2, 0.25) is 0 Å². The highest BCUT2D eigenvalue weighted by Gasteiger charge is 2.26. The van der Waals surface area contributed by atoms with E-state index in [1.807, 2.05) is 0 Å². The molecule has 0 radical (unpaired) electrons. The molecule has 0 aromatic heterocycles. The molecule has 3 aliphatic rings. The van der Waals surface area contributed by atoms with Gasteiger partial charge in [-0.05, 0) is 6.42 Å². The van der Waals surface area contributed by atoms with Crippen LogP contribution in [0, 0.1) is 0 Å². The van der Waals surface area contributed by atoms with E-state index in [1.165, 1.54) is 12.8 Å². The van der Waals surface area contributed by atoms with E-state index in [1.54, 1.807) is 0 Å². The lowest BCUT2D eigenvalue weighted by Crippen LogP contribution is -2.06. The van der Waals surface area contributed by atoms with Gasteiger partial charge in [0.2, 0.25) is 0 Å². The Bertz CT molecular complexity index is 161. The van der Waals surface area contributed by atoms with Crippen molar-refractivity contribution < 1.29 is 18.9 Å². The molecule has 3 fully saturated rings. The first-order valence-electron chi connectivity index (χ1n) is 5.81. The first-order valence-corrected chi connectivity index (χ1v) is 5.81. The molecule has 3 atom stereocenters. The normalized spacial score (nSPS) is 35.4. The molecular formula is C11H20O4. The van der Waals surface area contributed by atoms with Crippen LogP contribution in [0.5, 0.6) is 0 Å². The van der Waals surface area contributed by atoms with Crippen molar-refractivity contribution in [2.24, 2.45) is 0 Å². The Morgan fingerprint density at radius 2 is 1.40 bits per heavy atom. The summed E-state index contributed by atoms with van der Waals surface area (Å²) in [6, 6.07) is 0. The van der Waals surface area contributed by atoms with Gasteiger partial charge in [-0.2, -0.15) is 0 Å². The minimum absolute atomic E-state index is 0.392. The van der Waals surface area contributed by atoms with E-state index in [2.05, 4.69) is 6.92 Å². The second-order valence-electron chi connectivity index (χ2n) is 4.19. The average Bonchev–Trinajstić information content (AvgIpc) is 3.08. The molecule has 0 bridgehead atoms. The van der Waals surface area contributed by atoms with Crippen LogP contribution >= 0.6 is 0 Å². The van der Waals surface area contributed by atoms with Gasteiger partial charge in [0.05, 0.1) is 39.1 Å². The van der Waals surface area contributed by atoms with Gasteiger partial charge in [0, 0.05) is 0 Å². The molecular weight excluding hydrogens is 196 g/mol. The van der Waals surface area contributed by atoms with E-state index < -0.39 is 0 Å². The summed E-state index contributed by atoms with van der Waals surface area (Å²) in [5, 5.41) is 0. The first-order chi connectivity index (χ1) is 7.38. The van der Waals surface area contributed by atoms with Crippen LogP contribution in [0.1, 0.15) is 19.8 Å². The quantitative estimate of drug-likeness (QED) is 0.621. The van der Waals surface area contributed by atoms with E-state index in [9.17, 15) is 0 Å². The highest BCUT2D eigenvalue weighted by atomic mass is 16.6. The van der Waals surface area contributed by atoms with Crippen LogP contribution in [-0.2, 0) is 18.9 Å². The average molecular weight is 216 g/mol. The molecule has 0 N–H and O–H groups in total. The zero-order chi connectivity index (χ0) is 10.5. The van der Waals surface area contributed by atoms with Crippen LogP contribution < -0.4 is 0 Å². The Labute approximate surface area is 90.8 Å². The molecule has 0 aromatic carbocycles. The maximum Gasteiger partial charge on any atom is 0.104 e. The van der Waals surface area contributed by atoms with Crippen LogP contribution in [0.15, 0.2) is 0 Å². The van der Waals surface area contributed by atoms with Gasteiger partial charge < -0.3 is 18.9 Å². The third-order valence-corrected chi connectivity index (χ3v) is 2.43. The van der Waals surface area contributed by atoms with Gasteiger partial charge in [-0.15, -0.1) is 0 Å². The van der Waals surface area contributed by atoms with Gasteiger partial charge in [0.15, 0.2) is 0 Å². The first kappa shape index (κ1) is 11.3. The summed E-state index contributed by atoms with van der Waals surface area (Å²) in [5.74, 6) is 0. The molecule has 88 valence electrons. The Morgan fingerprint density at radius 1 is 0.933 bits per heavy atom. The molecule has 0 spiro atoms. The lowest BCUT2D eigenvalue weighted by Gasteiger charge is -1.95. The second-order valence-corrected chi connectivity index (χ2v) is 4.19. The molecule has 3 aliphatic heterocycles. The fraction of sp³-hybridized carbons (Fsp3) is 1.00. The summed E-state index contributed by atoms with van der Waals surface area (Å²) < 4.78 is 20.1. The molecule has 15 heavy (non-hydrogen) atoms. The Balaban J connectivity index is 0.000000124. The fourth-order valence-electron chi connectivity index (χ4n) is 1.22. The molecule has 0 aromatic rings. The third kappa shape index (κ3) is 6.10. The molecule has 3 heterocycles. The molecule has 4 heteroatoms. The standard InChI is InChI=1S/C6H10O3.C5H10O/c1(5-3-8-5)7-2-6-4-9-6;1-2-3-5-4-6-5/h5-6H,1-4H2;5H,2-4H2,1H3. The number of hydrogen-bond acceptors (Lipinski definition) is 4. The summed E-state index contributed by atoms with van der Waals surface area (Å²) in [6.07, 6.45) is 3.97. The van der Waals surface area contributed by atoms with Crippen LogP contribution in [0.25, 0.3) is 0 Å². The summed E-state index contributed by atoms with van der Waals surface area (Å²) in [4.78, 5) is 0. The van der Waals surface area contributed by atoms with Crippen molar-refractivity contribution in [2.45, 2.75) is 38.1 Å². The number of hydrogen-bond donors (Lipinski definition) is 0. The van der Waals surface area contributed by atoms with E-state index >= 15 is 0 Å². The monoisotopic (exact) mass is 216 g/mol. The van der Waals surface area contributed by atoms with Crippen molar-refractivity contribution >= 4 is 0 Å². The summed E-state index contributed by atoms with van der Waals surface area (Å²) in [6.45, 7) is 6.46. The van der Waals surface area contributed by atoms with E-state index in [0.29, 0.717) is 18.3 Å². The van der Waals surface area contributed by atoms with Crippen molar-refractivity contribution in [1.82, 2.24) is 0 Å². The largest absolute Gasteiger partial charge is 0.376 e. The SMILES string of the molecule is C(OCC1CO1)C1CO1.CCCC1CO1. The van der Waals surface area contributed by atoms with E-state index in [4.69, 9.17) is 18.9 Å². The summed E-state index contributed by atoms with van der Waals surface area (Å²) >= 11 is 0.